The fourth-order valence-corrected chi connectivity index (χ4v) is 2.31. The average Bonchev–Trinajstić information content (AvgIpc) is 2.68. The maximum absolute atomic E-state index is 12.9. The van der Waals surface area contributed by atoms with E-state index in [9.17, 15) is 22.7 Å². The van der Waals surface area contributed by atoms with E-state index in [0.29, 0.717) is 11.3 Å². The molecular formula is C19H15F4N3O3. The van der Waals surface area contributed by atoms with Gasteiger partial charge in [-0.15, -0.1) is 13.2 Å². The summed E-state index contributed by atoms with van der Waals surface area (Å²) in [5.74, 6) is -0.0139. The standard InChI is InChI=1S/C19H15F4N3O3/c20-13-3-7-14(8-4-13)28-17-9-10-24-18(26-17)25-11-16(27)12-1-5-15(6-2-12)29-19(21,22)23/h1-10,16,27H,11H2,(H,24,25,26). The number of hydrogen-bond donors (Lipinski definition) is 2. The second-order valence-corrected chi connectivity index (χ2v) is 5.79. The quantitative estimate of drug-likeness (QED) is 0.562. The summed E-state index contributed by atoms with van der Waals surface area (Å²) in [6.07, 6.45) is -4.37. The summed E-state index contributed by atoms with van der Waals surface area (Å²) >= 11 is 0. The molecule has 0 spiro atoms. The van der Waals surface area contributed by atoms with Gasteiger partial charge in [0, 0.05) is 18.8 Å². The van der Waals surface area contributed by atoms with Gasteiger partial charge >= 0.3 is 6.36 Å². The highest BCUT2D eigenvalue weighted by atomic mass is 19.4. The molecule has 2 aromatic carbocycles. The van der Waals surface area contributed by atoms with E-state index in [-0.39, 0.29) is 24.1 Å². The van der Waals surface area contributed by atoms with E-state index < -0.39 is 18.3 Å². The van der Waals surface area contributed by atoms with Gasteiger partial charge < -0.3 is 19.9 Å². The number of aliphatic hydroxyl groups excluding tert-OH is 1. The van der Waals surface area contributed by atoms with E-state index in [1.54, 1.807) is 0 Å². The van der Waals surface area contributed by atoms with Crippen molar-refractivity contribution in [2.45, 2.75) is 12.5 Å². The minimum atomic E-state index is -4.78. The number of rotatable bonds is 7. The number of ether oxygens (including phenoxy) is 2. The molecule has 0 bridgehead atoms. The van der Waals surface area contributed by atoms with Crippen molar-refractivity contribution in [3.05, 3.63) is 72.2 Å². The molecule has 1 aromatic heterocycles. The molecule has 0 radical (unpaired) electrons. The lowest BCUT2D eigenvalue weighted by Crippen LogP contribution is -2.17. The van der Waals surface area contributed by atoms with Gasteiger partial charge in [0.15, 0.2) is 0 Å². The van der Waals surface area contributed by atoms with Gasteiger partial charge in [0.2, 0.25) is 11.8 Å². The third-order valence-corrected chi connectivity index (χ3v) is 3.62. The van der Waals surface area contributed by atoms with Crippen molar-refractivity contribution in [2.24, 2.45) is 0 Å². The van der Waals surface area contributed by atoms with Gasteiger partial charge in [-0.05, 0) is 42.0 Å². The Labute approximate surface area is 162 Å². The number of benzene rings is 2. The van der Waals surface area contributed by atoms with Crippen LogP contribution in [0.1, 0.15) is 11.7 Å². The minimum Gasteiger partial charge on any atom is -0.439 e. The van der Waals surface area contributed by atoms with Crippen LogP contribution in [0.25, 0.3) is 0 Å². The van der Waals surface area contributed by atoms with Gasteiger partial charge in [-0.25, -0.2) is 9.37 Å². The molecule has 0 aliphatic heterocycles. The second-order valence-electron chi connectivity index (χ2n) is 5.79. The maximum Gasteiger partial charge on any atom is 0.573 e. The van der Waals surface area contributed by atoms with E-state index >= 15 is 0 Å². The number of nitrogens with zero attached hydrogens (tertiary/aromatic N) is 2. The number of hydrogen-bond acceptors (Lipinski definition) is 6. The number of anilines is 1. The molecule has 6 nitrogen and oxygen atoms in total. The number of alkyl halides is 3. The lowest BCUT2D eigenvalue weighted by molar-refractivity contribution is -0.274. The molecule has 0 saturated heterocycles. The molecule has 152 valence electrons. The van der Waals surface area contributed by atoms with Gasteiger partial charge in [-0.1, -0.05) is 12.1 Å². The van der Waals surface area contributed by atoms with E-state index in [1.807, 2.05) is 0 Å². The molecule has 3 aromatic rings. The predicted molar refractivity (Wildman–Crippen MR) is 95.1 cm³/mol. The number of aromatic nitrogens is 2. The molecule has 1 heterocycles. The van der Waals surface area contributed by atoms with Crippen LogP contribution in [0.15, 0.2) is 60.8 Å². The Morgan fingerprint density at radius 2 is 1.62 bits per heavy atom. The van der Waals surface area contributed by atoms with Crippen molar-refractivity contribution in [2.75, 3.05) is 11.9 Å². The molecule has 10 heteroatoms. The highest BCUT2D eigenvalue weighted by molar-refractivity contribution is 5.33. The first-order valence-electron chi connectivity index (χ1n) is 8.32. The maximum atomic E-state index is 12.9. The zero-order valence-electron chi connectivity index (χ0n) is 14.7. The van der Waals surface area contributed by atoms with E-state index in [2.05, 4.69) is 20.0 Å². The Balaban J connectivity index is 1.57. The van der Waals surface area contributed by atoms with E-state index in [1.165, 1.54) is 48.7 Å². The summed E-state index contributed by atoms with van der Waals surface area (Å²) in [7, 11) is 0. The normalized spacial score (nSPS) is 12.3. The second kappa shape index (κ2) is 8.74. The molecule has 0 fully saturated rings. The molecular weight excluding hydrogens is 394 g/mol. The molecule has 0 aliphatic carbocycles. The van der Waals surface area contributed by atoms with Crippen molar-refractivity contribution < 1.29 is 32.1 Å². The minimum absolute atomic E-state index is 0.000520. The van der Waals surface area contributed by atoms with Crippen molar-refractivity contribution in [1.29, 1.82) is 0 Å². The Kier molecular flexibility index (Phi) is 6.13. The number of nitrogens with one attached hydrogen (secondary N) is 1. The molecule has 2 N–H and O–H groups in total. The van der Waals surface area contributed by atoms with Gasteiger partial charge in [0.25, 0.3) is 0 Å². The van der Waals surface area contributed by atoms with E-state index in [0.717, 1.165) is 12.1 Å². The number of aliphatic hydroxyl groups is 1. The molecule has 0 aliphatic rings. The molecule has 29 heavy (non-hydrogen) atoms. The van der Waals surface area contributed by atoms with Crippen LogP contribution in [0.2, 0.25) is 0 Å². The van der Waals surface area contributed by atoms with Crippen LogP contribution in [-0.2, 0) is 0 Å². The van der Waals surface area contributed by atoms with Crippen LogP contribution in [-0.4, -0.2) is 28.0 Å². The fourth-order valence-electron chi connectivity index (χ4n) is 2.31. The number of halogens is 4. The smallest absolute Gasteiger partial charge is 0.439 e. The van der Waals surface area contributed by atoms with Crippen LogP contribution in [0.5, 0.6) is 17.4 Å². The van der Waals surface area contributed by atoms with Gasteiger partial charge in [-0.3, -0.25) is 0 Å². The monoisotopic (exact) mass is 409 g/mol. The third kappa shape index (κ3) is 6.32. The topological polar surface area (TPSA) is 76.5 Å². The summed E-state index contributed by atoms with van der Waals surface area (Å²) in [6, 6.07) is 11.8. The van der Waals surface area contributed by atoms with Gasteiger partial charge in [-0.2, -0.15) is 4.98 Å². The van der Waals surface area contributed by atoms with Crippen LogP contribution >= 0.6 is 0 Å². The Bertz CT molecular complexity index is 935. The first kappa shape index (κ1) is 20.3. The van der Waals surface area contributed by atoms with Crippen LogP contribution in [0.3, 0.4) is 0 Å². The predicted octanol–water partition coefficient (Wildman–Crippen LogP) is 4.45. The summed E-state index contributed by atoms with van der Waals surface area (Å²) in [5.41, 5.74) is 0.380. The van der Waals surface area contributed by atoms with Crippen molar-refractivity contribution >= 4 is 5.95 Å². The van der Waals surface area contributed by atoms with Crippen LogP contribution < -0.4 is 14.8 Å². The molecule has 0 amide bonds. The Morgan fingerprint density at radius 3 is 2.28 bits per heavy atom. The zero-order chi connectivity index (χ0) is 20.9. The zero-order valence-corrected chi connectivity index (χ0v) is 14.7. The highest BCUT2D eigenvalue weighted by Gasteiger charge is 2.31. The van der Waals surface area contributed by atoms with Crippen molar-refractivity contribution in [1.82, 2.24) is 9.97 Å². The lowest BCUT2D eigenvalue weighted by atomic mass is 10.1. The summed E-state index contributed by atoms with van der Waals surface area (Å²) < 4.78 is 58.7. The van der Waals surface area contributed by atoms with Crippen molar-refractivity contribution in [3.8, 4) is 17.4 Å². The van der Waals surface area contributed by atoms with Gasteiger partial charge in [0.1, 0.15) is 17.3 Å². The molecule has 3 rings (SSSR count). The fraction of sp³-hybridized carbons (Fsp3) is 0.158. The Morgan fingerprint density at radius 1 is 0.966 bits per heavy atom. The van der Waals surface area contributed by atoms with Crippen LogP contribution in [0, 0.1) is 5.82 Å². The summed E-state index contributed by atoms with van der Waals surface area (Å²) in [5, 5.41) is 13.0. The summed E-state index contributed by atoms with van der Waals surface area (Å²) in [6.45, 7) is -0.000520. The largest absolute Gasteiger partial charge is 0.573 e. The molecule has 1 atom stereocenters. The SMILES string of the molecule is OC(CNc1nccc(Oc2ccc(F)cc2)n1)c1ccc(OC(F)(F)F)cc1. The molecule has 0 saturated carbocycles. The third-order valence-electron chi connectivity index (χ3n) is 3.62. The average molecular weight is 409 g/mol. The Hall–Kier alpha value is -3.40. The first-order chi connectivity index (χ1) is 13.8. The van der Waals surface area contributed by atoms with E-state index in [4.69, 9.17) is 4.74 Å². The molecule has 1 unspecified atom stereocenters. The lowest BCUT2D eigenvalue weighted by Gasteiger charge is -2.14. The van der Waals surface area contributed by atoms with Crippen molar-refractivity contribution in [3.63, 3.8) is 0 Å². The van der Waals surface area contributed by atoms with Gasteiger partial charge in [0.05, 0.1) is 6.10 Å². The first-order valence-corrected chi connectivity index (χ1v) is 8.32. The van der Waals surface area contributed by atoms with Crippen LogP contribution in [0.4, 0.5) is 23.5 Å². The highest BCUT2D eigenvalue weighted by Crippen LogP contribution is 2.25. The summed E-state index contributed by atoms with van der Waals surface area (Å²) in [4.78, 5) is 8.11.